The van der Waals surface area contributed by atoms with E-state index >= 15 is 0 Å². The highest BCUT2D eigenvalue weighted by Crippen LogP contribution is 2.30. The number of hydrogen-bond donors (Lipinski definition) is 0. The van der Waals surface area contributed by atoms with Crippen molar-refractivity contribution in [2.45, 2.75) is 12.3 Å². The Morgan fingerprint density at radius 3 is 2.38 bits per heavy atom. The lowest BCUT2D eigenvalue weighted by Crippen LogP contribution is -2.04. The van der Waals surface area contributed by atoms with Crippen molar-refractivity contribution in [3.63, 3.8) is 0 Å². The number of nitriles is 1. The quantitative estimate of drug-likeness (QED) is 0.841. The van der Waals surface area contributed by atoms with E-state index in [1.807, 2.05) is 24.3 Å². The molecule has 0 aliphatic rings. The van der Waals surface area contributed by atoms with Gasteiger partial charge in [0.1, 0.15) is 17.3 Å². The van der Waals surface area contributed by atoms with Crippen LogP contribution in [0.5, 0.6) is 11.5 Å². The predicted octanol–water partition coefficient (Wildman–Crippen LogP) is 3.69. The summed E-state index contributed by atoms with van der Waals surface area (Å²) in [5.41, 5.74) is 1.55. The maximum Gasteiger partial charge on any atom is 0.123 e. The van der Waals surface area contributed by atoms with Crippen LogP contribution in [0.25, 0.3) is 0 Å². The number of ether oxygens (including phenoxy) is 2. The molecule has 0 heterocycles. The summed E-state index contributed by atoms with van der Waals surface area (Å²) in [6.07, 6.45) is 0.486. The second-order valence-electron chi connectivity index (χ2n) is 4.62. The first-order chi connectivity index (χ1) is 10.2. The van der Waals surface area contributed by atoms with E-state index in [0.29, 0.717) is 17.7 Å². The third-order valence-corrected chi connectivity index (χ3v) is 3.32. The number of benzene rings is 2. The molecule has 0 saturated heterocycles. The summed E-state index contributed by atoms with van der Waals surface area (Å²) in [5, 5.41) is 9.40. The number of methoxy groups -OCH3 is 2. The molecule has 0 aromatic heterocycles. The Kier molecular flexibility index (Phi) is 4.78. The molecule has 0 bridgehead atoms. The van der Waals surface area contributed by atoms with E-state index in [1.54, 1.807) is 13.2 Å². The third kappa shape index (κ3) is 3.51. The van der Waals surface area contributed by atoms with Crippen molar-refractivity contribution in [3.8, 4) is 17.6 Å². The Labute approximate surface area is 123 Å². The summed E-state index contributed by atoms with van der Waals surface area (Å²) in [4.78, 5) is 0. The zero-order valence-electron chi connectivity index (χ0n) is 12.0. The standard InChI is InChI=1S/C17H16FNO2/c1-20-15-6-3-12(4-7-15)9-13(11-19)16-10-14(18)5-8-17(16)21-2/h3-8,10,13H,9H2,1-2H3. The highest BCUT2D eigenvalue weighted by Gasteiger charge is 2.17. The summed E-state index contributed by atoms with van der Waals surface area (Å²) >= 11 is 0. The molecule has 0 amide bonds. The predicted molar refractivity (Wildman–Crippen MR) is 78.0 cm³/mol. The average Bonchev–Trinajstić information content (AvgIpc) is 2.53. The van der Waals surface area contributed by atoms with Gasteiger partial charge in [-0.15, -0.1) is 0 Å². The maximum absolute atomic E-state index is 13.4. The van der Waals surface area contributed by atoms with Crippen LogP contribution in [0.3, 0.4) is 0 Å². The Morgan fingerprint density at radius 2 is 1.81 bits per heavy atom. The van der Waals surface area contributed by atoms with Crippen LogP contribution in [-0.2, 0) is 6.42 Å². The van der Waals surface area contributed by atoms with Crippen LogP contribution in [0.2, 0.25) is 0 Å². The topological polar surface area (TPSA) is 42.2 Å². The highest BCUT2D eigenvalue weighted by molar-refractivity contribution is 5.41. The smallest absolute Gasteiger partial charge is 0.123 e. The highest BCUT2D eigenvalue weighted by atomic mass is 19.1. The van der Waals surface area contributed by atoms with Crippen molar-refractivity contribution in [2.75, 3.05) is 14.2 Å². The number of rotatable bonds is 5. The SMILES string of the molecule is COc1ccc(CC(C#N)c2cc(F)ccc2OC)cc1. The van der Waals surface area contributed by atoms with Crippen LogP contribution in [0.15, 0.2) is 42.5 Å². The van der Waals surface area contributed by atoms with E-state index in [1.165, 1.54) is 19.2 Å². The molecule has 2 rings (SSSR count). The fraction of sp³-hybridized carbons (Fsp3) is 0.235. The molecule has 0 radical (unpaired) electrons. The minimum absolute atomic E-state index is 0.374. The van der Waals surface area contributed by atoms with Crippen LogP contribution in [0.4, 0.5) is 4.39 Å². The summed E-state index contributed by atoms with van der Waals surface area (Å²) in [6.45, 7) is 0. The zero-order valence-corrected chi connectivity index (χ0v) is 12.0. The van der Waals surface area contributed by atoms with Gasteiger partial charge < -0.3 is 9.47 Å². The van der Waals surface area contributed by atoms with Crippen LogP contribution in [-0.4, -0.2) is 14.2 Å². The van der Waals surface area contributed by atoms with Gasteiger partial charge in [-0.25, -0.2) is 4.39 Å². The van der Waals surface area contributed by atoms with Gasteiger partial charge in [0.25, 0.3) is 0 Å². The monoisotopic (exact) mass is 285 g/mol. The summed E-state index contributed by atoms with van der Waals surface area (Å²) < 4.78 is 23.8. The van der Waals surface area contributed by atoms with Crippen LogP contribution in [0, 0.1) is 17.1 Å². The molecule has 0 spiro atoms. The summed E-state index contributed by atoms with van der Waals surface area (Å²) in [6, 6.07) is 13.9. The second-order valence-corrected chi connectivity index (χ2v) is 4.62. The Bertz CT molecular complexity index is 647. The molecule has 2 aromatic rings. The van der Waals surface area contributed by atoms with Gasteiger partial charge in [-0.1, -0.05) is 12.1 Å². The van der Waals surface area contributed by atoms with E-state index in [4.69, 9.17) is 9.47 Å². The van der Waals surface area contributed by atoms with Gasteiger partial charge in [0, 0.05) is 5.56 Å². The third-order valence-electron chi connectivity index (χ3n) is 3.32. The number of nitrogens with zero attached hydrogens (tertiary/aromatic N) is 1. The van der Waals surface area contributed by atoms with Gasteiger partial charge in [-0.3, -0.25) is 0 Å². The van der Waals surface area contributed by atoms with E-state index in [2.05, 4.69) is 6.07 Å². The second kappa shape index (κ2) is 6.76. The van der Waals surface area contributed by atoms with Gasteiger partial charge in [0.05, 0.1) is 26.2 Å². The van der Waals surface area contributed by atoms with Gasteiger partial charge in [0.15, 0.2) is 0 Å². The molecule has 1 unspecified atom stereocenters. The molecule has 0 N–H and O–H groups in total. The molecule has 4 heteroatoms. The molecule has 0 fully saturated rings. The first-order valence-corrected chi connectivity index (χ1v) is 6.54. The zero-order chi connectivity index (χ0) is 15.2. The van der Waals surface area contributed by atoms with Crippen LogP contribution >= 0.6 is 0 Å². The fourth-order valence-corrected chi connectivity index (χ4v) is 2.20. The first kappa shape index (κ1) is 14.9. The number of halogens is 1. The van der Waals surface area contributed by atoms with Crippen LogP contribution in [0.1, 0.15) is 17.0 Å². The lowest BCUT2D eigenvalue weighted by molar-refractivity contribution is 0.406. The average molecular weight is 285 g/mol. The molecular formula is C17H16FNO2. The molecule has 2 aromatic carbocycles. The number of hydrogen-bond acceptors (Lipinski definition) is 3. The van der Waals surface area contributed by atoms with Gasteiger partial charge >= 0.3 is 0 Å². The van der Waals surface area contributed by atoms with E-state index < -0.39 is 5.92 Å². The van der Waals surface area contributed by atoms with Crippen molar-refractivity contribution in [2.24, 2.45) is 0 Å². The molecule has 3 nitrogen and oxygen atoms in total. The van der Waals surface area contributed by atoms with Crippen molar-refractivity contribution in [1.82, 2.24) is 0 Å². The summed E-state index contributed by atoms with van der Waals surface area (Å²) in [7, 11) is 3.11. The van der Waals surface area contributed by atoms with Crippen molar-refractivity contribution in [1.29, 1.82) is 5.26 Å². The molecule has 21 heavy (non-hydrogen) atoms. The van der Waals surface area contributed by atoms with Crippen LogP contribution < -0.4 is 9.47 Å². The first-order valence-electron chi connectivity index (χ1n) is 6.54. The van der Waals surface area contributed by atoms with Gasteiger partial charge in [-0.2, -0.15) is 5.26 Å². The Morgan fingerprint density at radius 1 is 1.10 bits per heavy atom. The Balaban J connectivity index is 2.27. The molecular weight excluding hydrogens is 269 g/mol. The van der Waals surface area contributed by atoms with Gasteiger partial charge in [0.2, 0.25) is 0 Å². The molecule has 0 aliphatic heterocycles. The van der Waals surface area contributed by atoms with E-state index in [0.717, 1.165) is 11.3 Å². The molecule has 0 saturated carbocycles. The normalized spacial score (nSPS) is 11.5. The van der Waals surface area contributed by atoms with Gasteiger partial charge in [-0.05, 0) is 42.3 Å². The van der Waals surface area contributed by atoms with E-state index in [-0.39, 0.29) is 5.82 Å². The van der Waals surface area contributed by atoms with Crippen molar-refractivity contribution >= 4 is 0 Å². The fourth-order valence-electron chi connectivity index (χ4n) is 2.20. The summed E-state index contributed by atoms with van der Waals surface area (Å²) in [5.74, 6) is 0.442. The lowest BCUT2D eigenvalue weighted by Gasteiger charge is -2.14. The molecule has 0 aliphatic carbocycles. The molecule has 1 atom stereocenters. The Hall–Kier alpha value is -2.54. The largest absolute Gasteiger partial charge is 0.497 e. The minimum atomic E-state index is -0.468. The molecule has 108 valence electrons. The maximum atomic E-state index is 13.4. The van der Waals surface area contributed by atoms with Crippen molar-refractivity contribution < 1.29 is 13.9 Å². The minimum Gasteiger partial charge on any atom is -0.497 e. The van der Waals surface area contributed by atoms with Crippen molar-refractivity contribution in [3.05, 3.63) is 59.4 Å². The lowest BCUT2D eigenvalue weighted by atomic mass is 9.92. The van der Waals surface area contributed by atoms with E-state index in [9.17, 15) is 9.65 Å².